The fourth-order valence-electron chi connectivity index (χ4n) is 3.34. The minimum atomic E-state index is -0.290. The zero-order valence-electron chi connectivity index (χ0n) is 14.2. The average Bonchev–Trinajstić information content (AvgIpc) is 2.79. The van der Waals surface area contributed by atoms with Crippen molar-refractivity contribution >= 4 is 11.8 Å². The van der Waals surface area contributed by atoms with Crippen LogP contribution in [0.4, 0.5) is 14.9 Å². The molecule has 1 saturated heterocycles. The quantitative estimate of drug-likeness (QED) is 0.919. The van der Waals surface area contributed by atoms with Crippen LogP contribution in [0.25, 0.3) is 0 Å². The Bertz CT molecular complexity index is 643. The zero-order valence-corrected chi connectivity index (χ0v) is 14.2. The van der Waals surface area contributed by atoms with Crippen molar-refractivity contribution in [3.8, 4) is 0 Å². The maximum atomic E-state index is 13.1. The van der Waals surface area contributed by atoms with E-state index in [4.69, 9.17) is 4.74 Å². The van der Waals surface area contributed by atoms with Gasteiger partial charge in [-0.15, -0.1) is 0 Å². The summed E-state index contributed by atoms with van der Waals surface area (Å²) in [5.41, 5.74) is 3.37. The summed E-state index contributed by atoms with van der Waals surface area (Å²) in [6.45, 7) is 4.27. The molecule has 0 radical (unpaired) electrons. The summed E-state index contributed by atoms with van der Waals surface area (Å²) in [7, 11) is 1.85. The zero-order chi connectivity index (χ0) is 17.1. The number of cyclic esters (lactones) is 1. The first-order valence-electron chi connectivity index (χ1n) is 8.39. The van der Waals surface area contributed by atoms with Gasteiger partial charge in [0, 0.05) is 31.5 Å². The Labute approximate surface area is 142 Å². The lowest BCUT2D eigenvalue weighted by Crippen LogP contribution is -2.29. The van der Waals surface area contributed by atoms with E-state index in [9.17, 15) is 9.18 Å². The molecule has 130 valence electrons. The Kier molecular flexibility index (Phi) is 5.04. The Morgan fingerprint density at radius 2 is 2.12 bits per heavy atom. The predicted octanol–water partition coefficient (Wildman–Crippen LogP) is 2.46. The minimum Gasteiger partial charge on any atom is -0.443 e. The highest BCUT2D eigenvalue weighted by Gasteiger charge is 2.32. The number of nitrogens with one attached hydrogen (secondary N) is 1. The number of ether oxygens (including phenoxy) is 1. The van der Waals surface area contributed by atoms with Gasteiger partial charge in [0.2, 0.25) is 0 Å². The fourth-order valence-corrected chi connectivity index (χ4v) is 3.34. The number of carbonyl (C=O) groups excluding carboxylic acids is 1. The molecule has 2 aliphatic rings. The summed E-state index contributed by atoms with van der Waals surface area (Å²) in [6.07, 6.45) is 2.89. The van der Waals surface area contributed by atoms with Gasteiger partial charge in [0.15, 0.2) is 0 Å². The highest BCUT2D eigenvalue weighted by molar-refractivity contribution is 5.89. The molecule has 1 N–H and O–H groups in total. The van der Waals surface area contributed by atoms with Crippen LogP contribution in [0.5, 0.6) is 0 Å². The summed E-state index contributed by atoms with van der Waals surface area (Å²) in [6, 6.07) is 6.14. The number of amides is 1. The predicted molar refractivity (Wildman–Crippen MR) is 91.8 cm³/mol. The Morgan fingerprint density at radius 1 is 1.38 bits per heavy atom. The van der Waals surface area contributed by atoms with Crippen LogP contribution in [0, 0.1) is 0 Å². The molecule has 0 aliphatic carbocycles. The number of likely N-dealkylation sites (N-methyl/N-ethyl adjacent to an activating group) is 1. The third-order valence-electron chi connectivity index (χ3n) is 4.50. The van der Waals surface area contributed by atoms with Crippen LogP contribution in [0.15, 0.2) is 30.2 Å². The van der Waals surface area contributed by atoms with E-state index in [0.717, 1.165) is 31.6 Å². The lowest BCUT2D eigenvalue weighted by atomic mass is 10.0. The summed E-state index contributed by atoms with van der Waals surface area (Å²) in [5, 5.41) is 3.04. The molecule has 0 aromatic heterocycles. The summed E-state index contributed by atoms with van der Waals surface area (Å²) >= 11 is 0. The van der Waals surface area contributed by atoms with Crippen molar-refractivity contribution in [2.45, 2.75) is 25.9 Å². The standard InChI is InChI=1S/C18H24FN3O2/c1-13(19)11-21-7-5-14-3-4-16(9-15(14)6-8-21)22-12-17(10-20-2)24-18(22)23/h3-4,9,11,17,20H,5-8,10,12H2,1-2H3/b13-11-/t17-/m0/s1. The second kappa shape index (κ2) is 7.21. The number of fused-ring (bicyclic) bond motifs is 1. The van der Waals surface area contributed by atoms with Crippen LogP contribution in [-0.2, 0) is 17.6 Å². The Morgan fingerprint density at radius 3 is 2.83 bits per heavy atom. The smallest absolute Gasteiger partial charge is 0.414 e. The van der Waals surface area contributed by atoms with Gasteiger partial charge in [-0.05, 0) is 50.1 Å². The fraction of sp³-hybridized carbons (Fsp3) is 0.500. The number of halogens is 1. The molecule has 1 atom stereocenters. The summed E-state index contributed by atoms with van der Waals surface area (Å²) < 4.78 is 18.5. The molecule has 6 heteroatoms. The average molecular weight is 333 g/mol. The number of hydrogen-bond acceptors (Lipinski definition) is 4. The minimum absolute atomic E-state index is 0.116. The molecule has 1 fully saturated rings. The molecule has 5 nitrogen and oxygen atoms in total. The van der Waals surface area contributed by atoms with E-state index in [2.05, 4.69) is 17.4 Å². The number of carbonyl (C=O) groups is 1. The number of rotatable bonds is 4. The van der Waals surface area contributed by atoms with Crippen molar-refractivity contribution in [2.75, 3.05) is 38.1 Å². The first-order valence-corrected chi connectivity index (χ1v) is 8.39. The van der Waals surface area contributed by atoms with Crippen LogP contribution >= 0.6 is 0 Å². The van der Waals surface area contributed by atoms with E-state index in [1.54, 1.807) is 11.1 Å². The van der Waals surface area contributed by atoms with Crippen LogP contribution in [-0.4, -0.2) is 50.3 Å². The molecule has 1 amide bonds. The molecule has 0 unspecified atom stereocenters. The molecule has 24 heavy (non-hydrogen) atoms. The highest BCUT2D eigenvalue weighted by atomic mass is 19.1. The van der Waals surface area contributed by atoms with Crippen molar-refractivity contribution < 1.29 is 13.9 Å². The van der Waals surface area contributed by atoms with Crippen molar-refractivity contribution in [2.24, 2.45) is 0 Å². The van der Waals surface area contributed by atoms with Crippen molar-refractivity contribution in [3.63, 3.8) is 0 Å². The van der Waals surface area contributed by atoms with E-state index < -0.39 is 0 Å². The van der Waals surface area contributed by atoms with E-state index in [1.165, 1.54) is 18.1 Å². The van der Waals surface area contributed by atoms with Gasteiger partial charge in [0.05, 0.1) is 6.54 Å². The van der Waals surface area contributed by atoms with Gasteiger partial charge in [0.1, 0.15) is 11.9 Å². The third kappa shape index (κ3) is 3.70. The van der Waals surface area contributed by atoms with E-state index in [1.807, 2.05) is 18.0 Å². The summed E-state index contributed by atoms with van der Waals surface area (Å²) in [5.74, 6) is -0.169. The number of nitrogens with zero attached hydrogens (tertiary/aromatic N) is 2. The molecule has 1 aromatic rings. The maximum absolute atomic E-state index is 13.1. The van der Waals surface area contributed by atoms with Gasteiger partial charge in [-0.1, -0.05) is 6.07 Å². The van der Waals surface area contributed by atoms with Crippen LogP contribution in [0.1, 0.15) is 18.1 Å². The SMILES string of the molecule is CNC[C@H]1CN(c2ccc3c(c2)CCN(/C=C(/C)F)CC3)C(=O)O1. The Hall–Kier alpha value is -2.08. The first kappa shape index (κ1) is 16.8. The number of anilines is 1. The van der Waals surface area contributed by atoms with Gasteiger partial charge in [-0.2, -0.15) is 0 Å². The van der Waals surface area contributed by atoms with Crippen LogP contribution in [0.3, 0.4) is 0 Å². The molecule has 1 aromatic carbocycles. The first-order chi connectivity index (χ1) is 11.6. The van der Waals surface area contributed by atoms with Crippen molar-refractivity contribution in [3.05, 3.63) is 41.4 Å². The largest absolute Gasteiger partial charge is 0.443 e. The van der Waals surface area contributed by atoms with E-state index in [0.29, 0.717) is 13.1 Å². The molecule has 3 rings (SSSR count). The van der Waals surface area contributed by atoms with Gasteiger partial charge < -0.3 is 15.0 Å². The lowest BCUT2D eigenvalue weighted by molar-refractivity contribution is 0.141. The van der Waals surface area contributed by atoms with Crippen molar-refractivity contribution in [1.29, 1.82) is 0 Å². The number of allylic oxidation sites excluding steroid dienone is 1. The van der Waals surface area contributed by atoms with Gasteiger partial charge >= 0.3 is 6.09 Å². The van der Waals surface area contributed by atoms with Crippen molar-refractivity contribution in [1.82, 2.24) is 10.2 Å². The number of benzene rings is 1. The van der Waals surface area contributed by atoms with E-state index >= 15 is 0 Å². The highest BCUT2D eigenvalue weighted by Crippen LogP contribution is 2.26. The normalized spacial score (nSPS) is 21.5. The molecule has 0 spiro atoms. The topological polar surface area (TPSA) is 44.8 Å². The second-order valence-electron chi connectivity index (χ2n) is 6.38. The maximum Gasteiger partial charge on any atom is 0.414 e. The van der Waals surface area contributed by atoms with E-state index in [-0.39, 0.29) is 18.0 Å². The monoisotopic (exact) mass is 333 g/mol. The Balaban J connectivity index is 1.75. The lowest BCUT2D eigenvalue weighted by Gasteiger charge is -2.16. The van der Waals surface area contributed by atoms with Gasteiger partial charge in [-0.3, -0.25) is 4.90 Å². The molecule has 2 heterocycles. The van der Waals surface area contributed by atoms with Gasteiger partial charge in [-0.25, -0.2) is 9.18 Å². The molecule has 2 aliphatic heterocycles. The molecule has 0 bridgehead atoms. The second-order valence-corrected chi connectivity index (χ2v) is 6.38. The summed E-state index contributed by atoms with van der Waals surface area (Å²) in [4.78, 5) is 15.8. The number of hydrogen-bond donors (Lipinski definition) is 1. The molecular weight excluding hydrogens is 309 g/mol. The van der Waals surface area contributed by atoms with Crippen LogP contribution in [0.2, 0.25) is 0 Å². The molecular formula is C18H24FN3O2. The van der Waals surface area contributed by atoms with Gasteiger partial charge in [0.25, 0.3) is 0 Å². The third-order valence-corrected chi connectivity index (χ3v) is 4.50. The molecule has 0 saturated carbocycles. The van der Waals surface area contributed by atoms with Crippen LogP contribution < -0.4 is 10.2 Å².